The summed E-state index contributed by atoms with van der Waals surface area (Å²) in [6.07, 6.45) is -0.417. The molecule has 0 radical (unpaired) electrons. The van der Waals surface area contributed by atoms with Crippen molar-refractivity contribution >= 4 is 6.09 Å². The lowest BCUT2D eigenvalue weighted by Gasteiger charge is -2.29. The van der Waals surface area contributed by atoms with Gasteiger partial charge in [0.25, 0.3) is 0 Å². The highest BCUT2D eigenvalue weighted by Gasteiger charge is 2.25. The van der Waals surface area contributed by atoms with E-state index < -0.39 is 11.6 Å². The number of hydrogen-bond acceptors (Lipinski definition) is 3. The van der Waals surface area contributed by atoms with Gasteiger partial charge in [0.15, 0.2) is 0 Å². The van der Waals surface area contributed by atoms with Gasteiger partial charge in [0.2, 0.25) is 0 Å². The van der Waals surface area contributed by atoms with Crippen molar-refractivity contribution in [3.63, 3.8) is 0 Å². The van der Waals surface area contributed by atoms with E-state index in [2.05, 4.69) is 5.32 Å². The van der Waals surface area contributed by atoms with Gasteiger partial charge in [-0.15, -0.1) is 0 Å². The quantitative estimate of drug-likeness (QED) is 0.667. The molecule has 0 saturated heterocycles. The average molecular weight is 174 g/mol. The van der Waals surface area contributed by atoms with Crippen molar-refractivity contribution in [3.8, 4) is 0 Å². The minimum absolute atomic E-state index is 0.109. The Kier molecular flexibility index (Phi) is 4.03. The smallest absolute Gasteiger partial charge is 0.407 e. The van der Waals surface area contributed by atoms with E-state index in [9.17, 15) is 4.79 Å². The molecule has 4 heteroatoms. The van der Waals surface area contributed by atoms with Crippen molar-refractivity contribution in [1.29, 1.82) is 0 Å². The van der Waals surface area contributed by atoms with Crippen LogP contribution in [0.15, 0.2) is 0 Å². The second kappa shape index (κ2) is 4.30. The SMILES string of the molecule is CCOC(=O)NC(C)(C)C(C)N. The van der Waals surface area contributed by atoms with Crippen molar-refractivity contribution in [2.24, 2.45) is 5.73 Å². The van der Waals surface area contributed by atoms with Gasteiger partial charge in [-0.25, -0.2) is 4.79 Å². The van der Waals surface area contributed by atoms with Crippen molar-refractivity contribution in [2.75, 3.05) is 6.61 Å². The van der Waals surface area contributed by atoms with Gasteiger partial charge in [0, 0.05) is 6.04 Å². The maximum absolute atomic E-state index is 11.0. The number of carbonyl (C=O) groups excluding carboxylic acids is 1. The fourth-order valence-electron chi connectivity index (χ4n) is 0.544. The Morgan fingerprint density at radius 2 is 2.17 bits per heavy atom. The van der Waals surface area contributed by atoms with E-state index in [0.717, 1.165) is 0 Å². The van der Waals surface area contributed by atoms with Crippen LogP contribution in [0.3, 0.4) is 0 Å². The zero-order valence-electron chi connectivity index (χ0n) is 8.18. The molecule has 0 aromatic rings. The molecular weight excluding hydrogens is 156 g/mol. The summed E-state index contributed by atoms with van der Waals surface area (Å²) in [4.78, 5) is 11.0. The summed E-state index contributed by atoms with van der Waals surface area (Å²) < 4.78 is 4.72. The molecule has 72 valence electrons. The lowest BCUT2D eigenvalue weighted by atomic mass is 9.97. The Hall–Kier alpha value is -0.770. The van der Waals surface area contributed by atoms with Crippen LogP contribution < -0.4 is 11.1 Å². The van der Waals surface area contributed by atoms with Gasteiger partial charge in [-0.3, -0.25) is 0 Å². The molecule has 0 heterocycles. The molecule has 0 rings (SSSR count). The highest BCUT2D eigenvalue weighted by molar-refractivity contribution is 5.68. The molecule has 0 aliphatic heterocycles. The molecule has 0 aliphatic rings. The van der Waals surface area contributed by atoms with Gasteiger partial charge in [0.05, 0.1) is 12.1 Å². The van der Waals surface area contributed by atoms with Crippen molar-refractivity contribution in [1.82, 2.24) is 5.32 Å². The minimum atomic E-state index is -0.424. The van der Waals surface area contributed by atoms with E-state index in [0.29, 0.717) is 6.61 Å². The molecule has 1 amide bonds. The Morgan fingerprint density at radius 1 is 1.67 bits per heavy atom. The number of nitrogens with one attached hydrogen (secondary N) is 1. The van der Waals surface area contributed by atoms with Crippen molar-refractivity contribution < 1.29 is 9.53 Å². The molecule has 0 aliphatic carbocycles. The molecule has 0 aromatic heterocycles. The van der Waals surface area contributed by atoms with Crippen LogP contribution in [0.25, 0.3) is 0 Å². The fraction of sp³-hybridized carbons (Fsp3) is 0.875. The maximum atomic E-state index is 11.0. The lowest BCUT2D eigenvalue weighted by Crippen LogP contribution is -2.54. The standard InChI is InChI=1S/C8H18N2O2/c1-5-12-7(11)10-8(3,4)6(2)9/h6H,5,9H2,1-4H3,(H,10,11). The molecule has 0 bridgehead atoms. The largest absolute Gasteiger partial charge is 0.450 e. The highest BCUT2D eigenvalue weighted by atomic mass is 16.5. The normalized spacial score (nSPS) is 13.8. The van der Waals surface area contributed by atoms with Crippen LogP contribution in [0.1, 0.15) is 27.7 Å². The van der Waals surface area contributed by atoms with E-state index in [1.807, 2.05) is 20.8 Å². The van der Waals surface area contributed by atoms with E-state index >= 15 is 0 Å². The summed E-state index contributed by atoms with van der Waals surface area (Å²) in [6.45, 7) is 7.69. The third-order valence-electron chi connectivity index (χ3n) is 1.84. The number of amides is 1. The van der Waals surface area contributed by atoms with E-state index in [4.69, 9.17) is 10.5 Å². The maximum Gasteiger partial charge on any atom is 0.407 e. The monoisotopic (exact) mass is 174 g/mol. The summed E-state index contributed by atoms with van der Waals surface area (Å²) in [7, 11) is 0. The molecular formula is C8H18N2O2. The Morgan fingerprint density at radius 3 is 2.50 bits per heavy atom. The lowest BCUT2D eigenvalue weighted by molar-refractivity contribution is 0.138. The van der Waals surface area contributed by atoms with Crippen LogP contribution in [0.4, 0.5) is 4.79 Å². The van der Waals surface area contributed by atoms with Gasteiger partial charge in [0.1, 0.15) is 0 Å². The number of hydrogen-bond donors (Lipinski definition) is 2. The number of carbonyl (C=O) groups is 1. The molecule has 1 atom stereocenters. The van der Waals surface area contributed by atoms with Gasteiger partial charge in [-0.1, -0.05) is 0 Å². The number of nitrogens with two attached hydrogens (primary N) is 1. The first-order chi connectivity index (χ1) is 5.40. The van der Waals surface area contributed by atoms with Crippen LogP contribution in [-0.4, -0.2) is 24.3 Å². The third kappa shape index (κ3) is 3.57. The van der Waals surface area contributed by atoms with Gasteiger partial charge < -0.3 is 15.8 Å². The number of alkyl carbamates (subject to hydrolysis) is 1. The first kappa shape index (κ1) is 11.2. The van der Waals surface area contributed by atoms with Crippen LogP contribution in [0.2, 0.25) is 0 Å². The summed E-state index contributed by atoms with van der Waals surface area (Å²) >= 11 is 0. The molecule has 1 unspecified atom stereocenters. The van der Waals surface area contributed by atoms with Crippen LogP contribution in [0.5, 0.6) is 0 Å². The molecule has 0 spiro atoms. The molecule has 12 heavy (non-hydrogen) atoms. The van der Waals surface area contributed by atoms with Gasteiger partial charge >= 0.3 is 6.09 Å². The molecule has 0 fully saturated rings. The van der Waals surface area contributed by atoms with E-state index in [1.165, 1.54) is 0 Å². The Bertz CT molecular complexity index is 155. The fourth-order valence-corrected chi connectivity index (χ4v) is 0.544. The third-order valence-corrected chi connectivity index (χ3v) is 1.84. The first-order valence-corrected chi connectivity index (χ1v) is 4.10. The van der Waals surface area contributed by atoms with E-state index in [-0.39, 0.29) is 6.04 Å². The number of rotatable bonds is 3. The average Bonchev–Trinajstić information content (AvgIpc) is 1.85. The second-order valence-corrected chi connectivity index (χ2v) is 3.36. The molecule has 4 nitrogen and oxygen atoms in total. The second-order valence-electron chi connectivity index (χ2n) is 3.36. The van der Waals surface area contributed by atoms with Gasteiger partial charge in [-0.05, 0) is 27.7 Å². The summed E-state index contributed by atoms with van der Waals surface area (Å²) in [5, 5.41) is 2.67. The molecule has 0 saturated carbocycles. The predicted octanol–water partition coefficient (Wildman–Crippen LogP) is 0.858. The summed E-state index contributed by atoms with van der Waals surface area (Å²) in [6, 6.07) is -0.109. The topological polar surface area (TPSA) is 64.3 Å². The van der Waals surface area contributed by atoms with Crippen molar-refractivity contribution in [2.45, 2.75) is 39.3 Å². The number of ether oxygens (including phenoxy) is 1. The molecule has 3 N–H and O–H groups in total. The summed E-state index contributed by atoms with van der Waals surface area (Å²) in [5.74, 6) is 0. The van der Waals surface area contributed by atoms with E-state index in [1.54, 1.807) is 6.92 Å². The van der Waals surface area contributed by atoms with Crippen LogP contribution >= 0.6 is 0 Å². The zero-order valence-corrected chi connectivity index (χ0v) is 8.18. The van der Waals surface area contributed by atoms with Gasteiger partial charge in [-0.2, -0.15) is 0 Å². The summed E-state index contributed by atoms with van der Waals surface area (Å²) in [5.41, 5.74) is 5.22. The van der Waals surface area contributed by atoms with Crippen molar-refractivity contribution in [3.05, 3.63) is 0 Å². The first-order valence-electron chi connectivity index (χ1n) is 4.10. The molecule has 0 aromatic carbocycles. The predicted molar refractivity (Wildman–Crippen MR) is 47.9 cm³/mol. The highest BCUT2D eigenvalue weighted by Crippen LogP contribution is 2.06. The van der Waals surface area contributed by atoms with Crippen LogP contribution in [0, 0.1) is 0 Å². The zero-order chi connectivity index (χ0) is 9.78. The Labute approximate surface area is 73.5 Å². The minimum Gasteiger partial charge on any atom is -0.450 e. The van der Waals surface area contributed by atoms with Crippen LogP contribution in [-0.2, 0) is 4.74 Å². The Balaban J connectivity index is 3.97.